The Bertz CT molecular complexity index is 931. The van der Waals surface area contributed by atoms with Crippen LogP contribution in [-0.4, -0.2) is 31.2 Å². The Balaban J connectivity index is 1.86. The van der Waals surface area contributed by atoms with Crippen molar-refractivity contribution in [3.63, 3.8) is 0 Å². The number of carbonyl (C=O) groups excluding carboxylic acids is 1. The first-order valence-corrected chi connectivity index (χ1v) is 10.4. The van der Waals surface area contributed by atoms with Crippen molar-refractivity contribution in [1.29, 1.82) is 0 Å². The number of benzene rings is 1. The summed E-state index contributed by atoms with van der Waals surface area (Å²) in [6.07, 6.45) is 5.71. The van der Waals surface area contributed by atoms with E-state index in [9.17, 15) is 13.2 Å². The molecule has 1 aliphatic heterocycles. The largest absolute Gasteiger partial charge is 0.350 e. The Morgan fingerprint density at radius 2 is 2.07 bits per heavy atom. The minimum absolute atomic E-state index is 0.116. The van der Waals surface area contributed by atoms with Gasteiger partial charge in [-0.1, -0.05) is 18.7 Å². The molecule has 150 valence electrons. The maximum Gasteiger partial charge on any atom is 0.274 e. The molecule has 2 aromatic rings. The zero-order valence-electron chi connectivity index (χ0n) is 15.4. The molecule has 0 saturated carbocycles. The summed E-state index contributed by atoms with van der Waals surface area (Å²) in [5, 5.41) is 1.01. The third kappa shape index (κ3) is 4.33. The number of aromatic nitrogens is 1. The number of ether oxygens (including phenoxy) is 1. The SMILES string of the molecule is C=CC(=O)N(OC1CCCCO1)c1ccn(S(=O)(=O)c2ccc(CN)cc2)c1. The minimum Gasteiger partial charge on any atom is -0.350 e. The number of nitrogens with zero attached hydrogens (tertiary/aromatic N) is 2. The van der Waals surface area contributed by atoms with Crippen LogP contribution in [0.25, 0.3) is 0 Å². The third-order valence-electron chi connectivity index (χ3n) is 4.36. The summed E-state index contributed by atoms with van der Waals surface area (Å²) in [4.78, 5) is 18.0. The Kier molecular flexibility index (Phi) is 6.30. The predicted molar refractivity (Wildman–Crippen MR) is 104 cm³/mol. The van der Waals surface area contributed by atoms with Crippen LogP contribution in [0.5, 0.6) is 0 Å². The van der Waals surface area contributed by atoms with Gasteiger partial charge in [-0.3, -0.25) is 4.79 Å². The van der Waals surface area contributed by atoms with Crippen LogP contribution in [0.15, 0.2) is 60.3 Å². The molecule has 1 aliphatic rings. The number of anilines is 1. The Labute approximate surface area is 164 Å². The smallest absolute Gasteiger partial charge is 0.274 e. The molecular weight excluding hydrogens is 382 g/mol. The summed E-state index contributed by atoms with van der Waals surface area (Å²) in [5.41, 5.74) is 6.65. The van der Waals surface area contributed by atoms with Gasteiger partial charge in [0, 0.05) is 32.0 Å². The topological polar surface area (TPSA) is 104 Å². The van der Waals surface area contributed by atoms with E-state index < -0.39 is 22.2 Å². The second kappa shape index (κ2) is 8.70. The van der Waals surface area contributed by atoms with Crippen LogP contribution in [0, 0.1) is 0 Å². The maximum absolute atomic E-state index is 12.8. The summed E-state index contributed by atoms with van der Waals surface area (Å²) < 4.78 is 32.2. The molecule has 0 bridgehead atoms. The maximum atomic E-state index is 12.8. The van der Waals surface area contributed by atoms with Crippen molar-refractivity contribution in [2.75, 3.05) is 11.7 Å². The van der Waals surface area contributed by atoms with Crippen molar-refractivity contribution >= 4 is 21.6 Å². The number of amides is 1. The highest BCUT2D eigenvalue weighted by atomic mass is 32.2. The molecule has 0 spiro atoms. The van der Waals surface area contributed by atoms with E-state index in [-0.39, 0.29) is 10.6 Å². The fraction of sp³-hybridized carbons (Fsp3) is 0.316. The normalized spacial score (nSPS) is 17.2. The first-order chi connectivity index (χ1) is 13.5. The number of hydrogen-bond donors (Lipinski definition) is 1. The molecule has 8 nitrogen and oxygen atoms in total. The summed E-state index contributed by atoms with van der Waals surface area (Å²) in [5.74, 6) is -0.517. The molecule has 2 heterocycles. The van der Waals surface area contributed by atoms with Gasteiger partial charge in [-0.25, -0.2) is 17.2 Å². The molecule has 1 unspecified atom stereocenters. The number of hydrogen-bond acceptors (Lipinski definition) is 6. The highest BCUT2D eigenvalue weighted by molar-refractivity contribution is 7.90. The van der Waals surface area contributed by atoms with Gasteiger partial charge < -0.3 is 10.5 Å². The van der Waals surface area contributed by atoms with Crippen molar-refractivity contribution in [2.45, 2.75) is 37.0 Å². The van der Waals surface area contributed by atoms with E-state index in [0.717, 1.165) is 33.5 Å². The quantitative estimate of drug-likeness (QED) is 0.559. The molecule has 28 heavy (non-hydrogen) atoms. The van der Waals surface area contributed by atoms with Gasteiger partial charge in [0.1, 0.15) is 0 Å². The Morgan fingerprint density at radius 1 is 1.32 bits per heavy atom. The fourth-order valence-corrected chi connectivity index (χ4v) is 3.98. The third-order valence-corrected chi connectivity index (χ3v) is 6.01. The zero-order chi connectivity index (χ0) is 20.1. The van der Waals surface area contributed by atoms with Crippen molar-refractivity contribution in [3.05, 3.63) is 60.9 Å². The zero-order valence-corrected chi connectivity index (χ0v) is 16.2. The first-order valence-electron chi connectivity index (χ1n) is 8.93. The van der Waals surface area contributed by atoms with Crippen LogP contribution in [0.1, 0.15) is 24.8 Å². The number of nitrogens with two attached hydrogens (primary N) is 1. The standard InChI is InChI=1S/C19H23N3O5S/c1-2-18(23)22(27-19-5-3-4-12-26-19)16-10-11-21(14-16)28(24,25)17-8-6-15(13-20)7-9-17/h2,6-11,14,19H,1,3-5,12-13,20H2. The van der Waals surface area contributed by atoms with Gasteiger partial charge >= 0.3 is 0 Å². The van der Waals surface area contributed by atoms with E-state index >= 15 is 0 Å². The van der Waals surface area contributed by atoms with Crippen LogP contribution in [0.4, 0.5) is 5.69 Å². The molecule has 3 rings (SSSR count). The van der Waals surface area contributed by atoms with E-state index in [1.165, 1.54) is 30.6 Å². The minimum atomic E-state index is -3.82. The number of carbonyl (C=O) groups is 1. The molecule has 1 aromatic heterocycles. The molecular formula is C19H23N3O5S. The highest BCUT2D eigenvalue weighted by Crippen LogP contribution is 2.24. The van der Waals surface area contributed by atoms with E-state index in [1.54, 1.807) is 12.1 Å². The van der Waals surface area contributed by atoms with Gasteiger partial charge in [0.15, 0.2) is 6.29 Å². The summed E-state index contributed by atoms with van der Waals surface area (Å²) in [7, 11) is -3.82. The van der Waals surface area contributed by atoms with Crippen LogP contribution in [0.2, 0.25) is 0 Å². The lowest BCUT2D eigenvalue weighted by atomic mass is 10.2. The molecule has 0 radical (unpaired) electrons. The molecule has 1 atom stereocenters. The molecule has 1 aromatic carbocycles. The predicted octanol–water partition coefficient (Wildman–Crippen LogP) is 2.16. The van der Waals surface area contributed by atoms with Gasteiger partial charge in [-0.15, -0.1) is 0 Å². The van der Waals surface area contributed by atoms with Gasteiger partial charge in [0.2, 0.25) is 0 Å². The molecule has 0 aliphatic carbocycles. The van der Waals surface area contributed by atoms with Crippen LogP contribution >= 0.6 is 0 Å². The molecule has 2 N–H and O–H groups in total. The average Bonchev–Trinajstić information content (AvgIpc) is 3.23. The first kappa shape index (κ1) is 20.3. The van der Waals surface area contributed by atoms with Crippen molar-refractivity contribution < 1.29 is 22.8 Å². The average molecular weight is 405 g/mol. The second-order valence-electron chi connectivity index (χ2n) is 6.29. The molecule has 1 amide bonds. The summed E-state index contributed by atoms with van der Waals surface area (Å²) in [6.45, 7) is 4.35. The van der Waals surface area contributed by atoms with Crippen molar-refractivity contribution in [3.8, 4) is 0 Å². The molecule has 1 fully saturated rings. The second-order valence-corrected chi connectivity index (χ2v) is 8.13. The van der Waals surface area contributed by atoms with Gasteiger partial charge in [-0.05, 0) is 42.7 Å². The van der Waals surface area contributed by atoms with Crippen molar-refractivity contribution in [2.24, 2.45) is 5.73 Å². The van der Waals surface area contributed by atoms with Gasteiger partial charge in [0.05, 0.1) is 10.6 Å². The number of hydroxylamine groups is 1. The lowest BCUT2D eigenvalue weighted by molar-refractivity contribution is -0.175. The molecule has 1 saturated heterocycles. The molecule has 9 heteroatoms. The Hall–Kier alpha value is -2.46. The monoisotopic (exact) mass is 405 g/mol. The van der Waals surface area contributed by atoms with E-state index in [4.69, 9.17) is 15.3 Å². The lowest BCUT2D eigenvalue weighted by Crippen LogP contribution is -2.36. The highest BCUT2D eigenvalue weighted by Gasteiger charge is 2.25. The van der Waals surface area contributed by atoms with Crippen molar-refractivity contribution in [1.82, 2.24) is 3.97 Å². The van der Waals surface area contributed by atoms with Crippen LogP contribution in [-0.2, 0) is 30.9 Å². The number of rotatable bonds is 7. The fourth-order valence-electron chi connectivity index (χ4n) is 2.79. The summed E-state index contributed by atoms with van der Waals surface area (Å²) in [6, 6.07) is 7.80. The van der Waals surface area contributed by atoms with Gasteiger partial charge in [0.25, 0.3) is 15.9 Å². The summed E-state index contributed by atoms with van der Waals surface area (Å²) >= 11 is 0. The van der Waals surface area contributed by atoms with Crippen LogP contribution < -0.4 is 10.8 Å². The van der Waals surface area contributed by atoms with Gasteiger partial charge in [-0.2, -0.15) is 5.06 Å². The van der Waals surface area contributed by atoms with E-state index in [1.807, 2.05) is 0 Å². The lowest BCUT2D eigenvalue weighted by Gasteiger charge is -2.28. The Morgan fingerprint density at radius 3 is 2.68 bits per heavy atom. The van der Waals surface area contributed by atoms with Crippen LogP contribution in [0.3, 0.4) is 0 Å². The van der Waals surface area contributed by atoms with E-state index in [0.29, 0.717) is 19.6 Å². The van der Waals surface area contributed by atoms with E-state index in [2.05, 4.69) is 6.58 Å².